The smallest absolute Gasteiger partial charge is 0.130 e. The minimum Gasteiger partial charge on any atom is -0.382 e. The first kappa shape index (κ1) is 14.4. The van der Waals surface area contributed by atoms with Crippen LogP contribution >= 0.6 is 34.9 Å². The molecule has 1 aliphatic carbocycles. The van der Waals surface area contributed by atoms with E-state index in [9.17, 15) is 0 Å². The molecule has 0 saturated heterocycles. The third kappa shape index (κ3) is 2.87. The standard InChI is InChI=1S/C14H17Cl2N3S/c1-8-3-2-4-9(5-8)7-17-12-10(15)6-11(16)13-14(12)19-20-18-13/h6,8-9,17H,2-5,7H2,1H3. The van der Waals surface area contributed by atoms with Crippen molar-refractivity contribution in [1.29, 1.82) is 0 Å². The average Bonchev–Trinajstić information content (AvgIpc) is 2.88. The first-order chi connectivity index (χ1) is 9.65. The van der Waals surface area contributed by atoms with E-state index in [0.717, 1.165) is 29.2 Å². The van der Waals surface area contributed by atoms with Crippen LogP contribution in [-0.4, -0.2) is 15.3 Å². The van der Waals surface area contributed by atoms with Crippen LogP contribution in [0.5, 0.6) is 0 Å². The van der Waals surface area contributed by atoms with Gasteiger partial charge in [0, 0.05) is 6.54 Å². The number of nitrogens with zero attached hydrogens (tertiary/aromatic N) is 2. The quantitative estimate of drug-likeness (QED) is 0.837. The van der Waals surface area contributed by atoms with Crippen molar-refractivity contribution >= 4 is 51.7 Å². The Morgan fingerprint density at radius 1 is 1.25 bits per heavy atom. The summed E-state index contributed by atoms with van der Waals surface area (Å²) in [5.74, 6) is 1.55. The first-order valence-electron chi connectivity index (χ1n) is 6.99. The summed E-state index contributed by atoms with van der Waals surface area (Å²) in [6.45, 7) is 3.28. The Balaban J connectivity index is 1.79. The minimum absolute atomic E-state index is 0.565. The minimum atomic E-state index is 0.565. The maximum Gasteiger partial charge on any atom is 0.130 e. The van der Waals surface area contributed by atoms with Gasteiger partial charge in [-0.2, -0.15) is 8.75 Å². The lowest BCUT2D eigenvalue weighted by molar-refractivity contribution is 0.293. The van der Waals surface area contributed by atoms with E-state index in [2.05, 4.69) is 21.0 Å². The van der Waals surface area contributed by atoms with Crippen LogP contribution in [0.4, 0.5) is 5.69 Å². The van der Waals surface area contributed by atoms with Crippen molar-refractivity contribution in [3.63, 3.8) is 0 Å². The highest BCUT2D eigenvalue weighted by Gasteiger charge is 2.20. The molecule has 1 aromatic heterocycles. The molecule has 1 heterocycles. The van der Waals surface area contributed by atoms with E-state index in [1.165, 1.54) is 37.4 Å². The number of halogens is 2. The lowest BCUT2D eigenvalue weighted by atomic mass is 9.82. The summed E-state index contributed by atoms with van der Waals surface area (Å²) >= 11 is 13.6. The van der Waals surface area contributed by atoms with Gasteiger partial charge in [0.1, 0.15) is 11.0 Å². The number of benzene rings is 1. The van der Waals surface area contributed by atoms with Gasteiger partial charge in [-0.05, 0) is 30.7 Å². The number of nitrogens with one attached hydrogen (secondary N) is 1. The van der Waals surface area contributed by atoms with E-state index in [0.29, 0.717) is 16.0 Å². The summed E-state index contributed by atoms with van der Waals surface area (Å²) in [5, 5.41) is 4.66. The molecule has 0 aliphatic heterocycles. The zero-order valence-corrected chi connectivity index (χ0v) is 13.7. The Morgan fingerprint density at radius 2 is 2.05 bits per heavy atom. The number of hydrogen-bond acceptors (Lipinski definition) is 4. The molecule has 6 heteroatoms. The van der Waals surface area contributed by atoms with Gasteiger partial charge in [-0.3, -0.25) is 0 Å². The summed E-state index contributed by atoms with van der Waals surface area (Å²) < 4.78 is 8.54. The molecule has 0 amide bonds. The lowest BCUT2D eigenvalue weighted by Gasteiger charge is -2.27. The molecule has 0 spiro atoms. The van der Waals surface area contributed by atoms with Gasteiger partial charge in [-0.15, -0.1) is 0 Å². The van der Waals surface area contributed by atoms with Crippen LogP contribution in [0.15, 0.2) is 6.07 Å². The second-order valence-electron chi connectivity index (χ2n) is 5.70. The Hall–Kier alpha value is -0.580. The van der Waals surface area contributed by atoms with Crippen LogP contribution in [0.3, 0.4) is 0 Å². The molecule has 1 aliphatic rings. The van der Waals surface area contributed by atoms with Crippen LogP contribution < -0.4 is 5.32 Å². The molecule has 1 N–H and O–H groups in total. The van der Waals surface area contributed by atoms with E-state index in [1.54, 1.807) is 6.07 Å². The highest BCUT2D eigenvalue weighted by atomic mass is 35.5. The van der Waals surface area contributed by atoms with Gasteiger partial charge in [0.05, 0.1) is 27.5 Å². The van der Waals surface area contributed by atoms with Gasteiger partial charge < -0.3 is 5.32 Å². The number of anilines is 1. The van der Waals surface area contributed by atoms with Crippen LogP contribution in [0, 0.1) is 11.8 Å². The Morgan fingerprint density at radius 3 is 2.85 bits per heavy atom. The third-order valence-electron chi connectivity index (χ3n) is 4.06. The summed E-state index contributed by atoms with van der Waals surface area (Å²) in [7, 11) is 0. The molecule has 1 saturated carbocycles. The van der Waals surface area contributed by atoms with Crippen molar-refractivity contribution in [2.75, 3.05) is 11.9 Å². The van der Waals surface area contributed by atoms with Gasteiger partial charge in [-0.1, -0.05) is 43.0 Å². The van der Waals surface area contributed by atoms with Crippen molar-refractivity contribution in [3.8, 4) is 0 Å². The van der Waals surface area contributed by atoms with Crippen LogP contribution in [0.25, 0.3) is 11.0 Å². The second kappa shape index (κ2) is 6.04. The van der Waals surface area contributed by atoms with Gasteiger partial charge in [0.15, 0.2) is 0 Å². The van der Waals surface area contributed by atoms with Crippen molar-refractivity contribution in [2.45, 2.75) is 32.6 Å². The zero-order chi connectivity index (χ0) is 14.1. The first-order valence-corrected chi connectivity index (χ1v) is 8.48. The highest BCUT2D eigenvalue weighted by molar-refractivity contribution is 7.00. The Labute approximate surface area is 133 Å². The molecule has 2 aromatic rings. The summed E-state index contributed by atoms with van der Waals surface area (Å²) in [4.78, 5) is 0. The molecule has 2 atom stereocenters. The topological polar surface area (TPSA) is 37.8 Å². The van der Waals surface area contributed by atoms with Crippen LogP contribution in [0.1, 0.15) is 32.6 Å². The number of hydrogen-bond donors (Lipinski definition) is 1. The van der Waals surface area contributed by atoms with E-state index < -0.39 is 0 Å². The Bertz CT molecular complexity index is 614. The highest BCUT2D eigenvalue weighted by Crippen LogP contribution is 2.36. The fraction of sp³-hybridized carbons (Fsp3) is 0.571. The maximum atomic E-state index is 6.30. The SMILES string of the molecule is CC1CCCC(CNc2c(Cl)cc(Cl)c3nsnc23)C1. The fourth-order valence-electron chi connectivity index (χ4n) is 3.03. The summed E-state index contributed by atoms with van der Waals surface area (Å²) in [6, 6.07) is 1.75. The van der Waals surface area contributed by atoms with Crippen molar-refractivity contribution < 1.29 is 0 Å². The molecule has 2 unspecified atom stereocenters. The van der Waals surface area contributed by atoms with Crippen molar-refractivity contribution in [3.05, 3.63) is 16.1 Å². The number of fused-ring (bicyclic) bond motifs is 1. The predicted octanol–water partition coefficient (Wildman–Crippen LogP) is 5.24. The molecule has 1 aromatic carbocycles. The van der Waals surface area contributed by atoms with Gasteiger partial charge in [0.25, 0.3) is 0 Å². The van der Waals surface area contributed by atoms with Crippen molar-refractivity contribution in [2.24, 2.45) is 11.8 Å². The molecule has 3 rings (SSSR count). The van der Waals surface area contributed by atoms with Crippen molar-refractivity contribution in [1.82, 2.24) is 8.75 Å². The average molecular weight is 330 g/mol. The fourth-order valence-corrected chi connectivity index (χ4v) is 4.21. The molecule has 0 radical (unpaired) electrons. The van der Waals surface area contributed by atoms with E-state index in [-0.39, 0.29) is 0 Å². The molecule has 108 valence electrons. The molecular weight excluding hydrogens is 313 g/mol. The van der Waals surface area contributed by atoms with Crippen LogP contribution in [0.2, 0.25) is 10.0 Å². The zero-order valence-electron chi connectivity index (χ0n) is 11.3. The van der Waals surface area contributed by atoms with E-state index in [1.807, 2.05) is 0 Å². The summed E-state index contributed by atoms with van der Waals surface area (Å²) in [6.07, 6.45) is 5.27. The maximum absolute atomic E-state index is 6.30. The molecule has 0 bridgehead atoms. The lowest BCUT2D eigenvalue weighted by Crippen LogP contribution is -2.21. The Kier molecular flexibility index (Phi) is 4.34. The van der Waals surface area contributed by atoms with Gasteiger partial charge in [-0.25, -0.2) is 0 Å². The van der Waals surface area contributed by atoms with Gasteiger partial charge >= 0.3 is 0 Å². The normalized spacial score (nSPS) is 23.1. The number of rotatable bonds is 3. The van der Waals surface area contributed by atoms with Gasteiger partial charge in [0.2, 0.25) is 0 Å². The molecule has 20 heavy (non-hydrogen) atoms. The monoisotopic (exact) mass is 329 g/mol. The van der Waals surface area contributed by atoms with Crippen LogP contribution in [-0.2, 0) is 0 Å². The third-order valence-corrected chi connectivity index (χ3v) is 5.17. The number of aromatic nitrogens is 2. The molecule has 3 nitrogen and oxygen atoms in total. The largest absolute Gasteiger partial charge is 0.382 e. The molecule has 1 fully saturated rings. The predicted molar refractivity (Wildman–Crippen MR) is 87.0 cm³/mol. The second-order valence-corrected chi connectivity index (χ2v) is 7.04. The molecular formula is C14H17Cl2N3S. The van der Waals surface area contributed by atoms with E-state index >= 15 is 0 Å². The summed E-state index contributed by atoms with van der Waals surface area (Å²) in [5.41, 5.74) is 2.40. The van der Waals surface area contributed by atoms with E-state index in [4.69, 9.17) is 23.2 Å².